The van der Waals surface area contributed by atoms with Gasteiger partial charge >= 0.3 is 5.97 Å². The van der Waals surface area contributed by atoms with Crippen molar-refractivity contribution < 1.29 is 14.7 Å². The fourth-order valence-electron chi connectivity index (χ4n) is 1.99. The summed E-state index contributed by atoms with van der Waals surface area (Å²) < 4.78 is 0. The average molecular weight is 317 g/mol. The molecule has 2 atom stereocenters. The zero-order valence-electron chi connectivity index (χ0n) is 13.0. The van der Waals surface area contributed by atoms with Crippen LogP contribution in [0.4, 0.5) is 0 Å². The molecule has 1 amide bonds. The van der Waals surface area contributed by atoms with Gasteiger partial charge in [-0.25, -0.2) is 0 Å². The van der Waals surface area contributed by atoms with E-state index >= 15 is 0 Å². The lowest BCUT2D eigenvalue weighted by atomic mass is 10.1. The minimum absolute atomic E-state index is 0.00833. The Morgan fingerprint density at radius 2 is 1.96 bits per heavy atom. The SMILES string of the molecule is CC(CNC(=O)C(C)n1nnc(-c2ccccc2)n1)CC(=O)O. The van der Waals surface area contributed by atoms with Crippen molar-refractivity contribution in [3.8, 4) is 11.4 Å². The predicted molar refractivity (Wildman–Crippen MR) is 82.4 cm³/mol. The lowest BCUT2D eigenvalue weighted by Crippen LogP contribution is -2.35. The van der Waals surface area contributed by atoms with Gasteiger partial charge in [0.15, 0.2) is 0 Å². The number of benzene rings is 1. The van der Waals surface area contributed by atoms with Crippen LogP contribution in [0.5, 0.6) is 0 Å². The van der Waals surface area contributed by atoms with E-state index in [9.17, 15) is 9.59 Å². The van der Waals surface area contributed by atoms with E-state index in [1.165, 1.54) is 4.80 Å². The Labute approximate surface area is 133 Å². The highest BCUT2D eigenvalue weighted by molar-refractivity contribution is 5.79. The number of nitrogens with one attached hydrogen (secondary N) is 1. The quantitative estimate of drug-likeness (QED) is 0.792. The molecule has 1 heterocycles. The van der Waals surface area contributed by atoms with E-state index in [0.717, 1.165) is 5.56 Å². The van der Waals surface area contributed by atoms with Crippen LogP contribution in [0.2, 0.25) is 0 Å². The summed E-state index contributed by atoms with van der Waals surface area (Å²) in [6.45, 7) is 3.71. The van der Waals surface area contributed by atoms with Crippen LogP contribution >= 0.6 is 0 Å². The Hall–Kier alpha value is -2.77. The molecule has 2 aromatic rings. The van der Waals surface area contributed by atoms with Crippen LogP contribution in [0.15, 0.2) is 30.3 Å². The maximum absolute atomic E-state index is 12.1. The van der Waals surface area contributed by atoms with E-state index in [1.807, 2.05) is 30.3 Å². The van der Waals surface area contributed by atoms with Gasteiger partial charge in [-0.15, -0.1) is 10.2 Å². The van der Waals surface area contributed by atoms with E-state index in [4.69, 9.17) is 5.11 Å². The van der Waals surface area contributed by atoms with Gasteiger partial charge in [0.1, 0.15) is 6.04 Å². The number of amides is 1. The van der Waals surface area contributed by atoms with Gasteiger partial charge in [-0.3, -0.25) is 9.59 Å². The van der Waals surface area contributed by atoms with Crippen LogP contribution in [-0.4, -0.2) is 43.7 Å². The minimum Gasteiger partial charge on any atom is -0.481 e. The van der Waals surface area contributed by atoms with Gasteiger partial charge in [0.2, 0.25) is 11.7 Å². The van der Waals surface area contributed by atoms with Crippen molar-refractivity contribution in [3.05, 3.63) is 30.3 Å². The monoisotopic (exact) mass is 317 g/mol. The van der Waals surface area contributed by atoms with E-state index in [2.05, 4.69) is 20.7 Å². The zero-order valence-corrected chi connectivity index (χ0v) is 13.0. The van der Waals surface area contributed by atoms with Crippen molar-refractivity contribution in [1.82, 2.24) is 25.5 Å². The maximum atomic E-state index is 12.1. The fraction of sp³-hybridized carbons (Fsp3) is 0.400. The summed E-state index contributed by atoms with van der Waals surface area (Å²) in [5.74, 6) is -0.860. The molecule has 122 valence electrons. The van der Waals surface area contributed by atoms with Crippen LogP contribution in [0.25, 0.3) is 11.4 Å². The summed E-state index contributed by atoms with van der Waals surface area (Å²) in [6, 6.07) is 8.73. The summed E-state index contributed by atoms with van der Waals surface area (Å²) in [5, 5.41) is 23.5. The number of carboxylic acid groups (broad SMARTS) is 1. The van der Waals surface area contributed by atoms with E-state index in [-0.39, 0.29) is 24.8 Å². The van der Waals surface area contributed by atoms with Gasteiger partial charge in [-0.05, 0) is 18.1 Å². The first kappa shape index (κ1) is 16.6. The Balaban J connectivity index is 1.95. The first-order valence-electron chi connectivity index (χ1n) is 7.31. The van der Waals surface area contributed by atoms with Crippen molar-refractivity contribution in [2.24, 2.45) is 5.92 Å². The third-order valence-corrected chi connectivity index (χ3v) is 3.33. The topological polar surface area (TPSA) is 110 Å². The van der Waals surface area contributed by atoms with E-state index in [1.54, 1.807) is 13.8 Å². The average Bonchev–Trinajstić information content (AvgIpc) is 3.02. The van der Waals surface area contributed by atoms with E-state index < -0.39 is 12.0 Å². The van der Waals surface area contributed by atoms with Gasteiger partial charge in [0, 0.05) is 18.5 Å². The van der Waals surface area contributed by atoms with Gasteiger partial charge < -0.3 is 10.4 Å². The summed E-state index contributed by atoms with van der Waals surface area (Å²) in [7, 11) is 0. The Kier molecular flexibility index (Phi) is 5.40. The first-order chi connectivity index (χ1) is 11.0. The largest absolute Gasteiger partial charge is 0.481 e. The second-order valence-corrected chi connectivity index (χ2v) is 5.42. The summed E-state index contributed by atoms with van der Waals surface area (Å²) in [4.78, 5) is 23.9. The number of hydrogen-bond donors (Lipinski definition) is 2. The number of aliphatic carboxylic acids is 1. The molecule has 8 nitrogen and oxygen atoms in total. The van der Waals surface area contributed by atoms with Crippen LogP contribution in [0.3, 0.4) is 0 Å². The standard InChI is InChI=1S/C15H19N5O3/c1-10(8-13(21)22)9-16-15(23)11(2)20-18-14(17-19-20)12-6-4-3-5-7-12/h3-7,10-11H,8-9H2,1-2H3,(H,16,23)(H,21,22). The second kappa shape index (κ2) is 7.48. The van der Waals surface area contributed by atoms with Crippen LogP contribution < -0.4 is 5.32 Å². The van der Waals surface area contributed by atoms with Crippen LogP contribution in [-0.2, 0) is 9.59 Å². The van der Waals surface area contributed by atoms with Gasteiger partial charge in [-0.2, -0.15) is 4.80 Å². The molecule has 0 aliphatic carbocycles. The molecule has 0 saturated heterocycles. The third kappa shape index (κ3) is 4.60. The molecule has 0 fully saturated rings. The molecule has 0 radical (unpaired) electrons. The normalized spacial score (nSPS) is 13.3. The van der Waals surface area contributed by atoms with Gasteiger partial charge in [0.05, 0.1) is 0 Å². The van der Waals surface area contributed by atoms with Gasteiger partial charge in [-0.1, -0.05) is 37.3 Å². The number of carboxylic acids is 1. The highest BCUT2D eigenvalue weighted by atomic mass is 16.4. The molecule has 8 heteroatoms. The lowest BCUT2D eigenvalue weighted by Gasteiger charge is -2.13. The number of carbonyl (C=O) groups is 2. The molecule has 1 aromatic carbocycles. The van der Waals surface area contributed by atoms with Crippen molar-refractivity contribution in [3.63, 3.8) is 0 Å². The first-order valence-corrected chi connectivity index (χ1v) is 7.31. The van der Waals surface area contributed by atoms with Crippen molar-refractivity contribution >= 4 is 11.9 Å². The summed E-state index contributed by atoms with van der Waals surface area (Å²) >= 11 is 0. The molecular formula is C15H19N5O3. The third-order valence-electron chi connectivity index (χ3n) is 3.33. The molecule has 0 bridgehead atoms. The number of nitrogens with zero attached hydrogens (tertiary/aromatic N) is 4. The van der Waals surface area contributed by atoms with Crippen LogP contribution in [0, 0.1) is 5.92 Å². The second-order valence-electron chi connectivity index (χ2n) is 5.42. The number of aromatic nitrogens is 4. The number of carbonyl (C=O) groups excluding carboxylic acids is 1. The molecule has 2 rings (SSSR count). The molecule has 0 spiro atoms. The number of tetrazole rings is 1. The Morgan fingerprint density at radius 1 is 1.26 bits per heavy atom. The molecule has 2 unspecified atom stereocenters. The molecule has 0 aliphatic rings. The number of rotatable bonds is 7. The predicted octanol–water partition coefficient (Wildman–Crippen LogP) is 1.13. The summed E-state index contributed by atoms with van der Waals surface area (Å²) in [5.41, 5.74) is 0.821. The smallest absolute Gasteiger partial charge is 0.303 e. The molecule has 23 heavy (non-hydrogen) atoms. The van der Waals surface area contributed by atoms with Gasteiger partial charge in [0.25, 0.3) is 0 Å². The molecule has 2 N–H and O–H groups in total. The Morgan fingerprint density at radius 3 is 2.61 bits per heavy atom. The fourth-order valence-corrected chi connectivity index (χ4v) is 1.99. The van der Waals surface area contributed by atoms with Crippen molar-refractivity contribution in [2.75, 3.05) is 6.54 Å². The summed E-state index contributed by atoms with van der Waals surface area (Å²) in [6.07, 6.45) is 0.00833. The molecule has 1 aromatic heterocycles. The molecular weight excluding hydrogens is 298 g/mol. The molecule has 0 saturated carbocycles. The highest BCUT2D eigenvalue weighted by Gasteiger charge is 2.19. The van der Waals surface area contributed by atoms with Crippen molar-refractivity contribution in [1.29, 1.82) is 0 Å². The maximum Gasteiger partial charge on any atom is 0.303 e. The van der Waals surface area contributed by atoms with Crippen LogP contribution in [0.1, 0.15) is 26.3 Å². The van der Waals surface area contributed by atoms with Crippen molar-refractivity contribution in [2.45, 2.75) is 26.3 Å². The minimum atomic E-state index is -0.884. The number of hydrogen-bond acceptors (Lipinski definition) is 5. The molecule has 0 aliphatic heterocycles. The highest BCUT2D eigenvalue weighted by Crippen LogP contribution is 2.13. The van der Waals surface area contributed by atoms with E-state index in [0.29, 0.717) is 5.82 Å². The Bertz CT molecular complexity index is 671. The zero-order chi connectivity index (χ0) is 16.8. The lowest BCUT2D eigenvalue weighted by molar-refractivity contribution is -0.138.